The number of benzene rings is 3. The molecule has 0 unspecified atom stereocenters. The number of aromatic nitrogens is 2. The van der Waals surface area contributed by atoms with Crippen molar-refractivity contribution in [3.05, 3.63) is 105 Å². The van der Waals surface area contributed by atoms with E-state index in [1.807, 2.05) is 73.7 Å². The third-order valence-corrected chi connectivity index (χ3v) is 6.65. The van der Waals surface area contributed by atoms with E-state index in [0.717, 1.165) is 27.1 Å². The normalized spacial score (nSPS) is 11.2. The molecule has 32 heavy (non-hydrogen) atoms. The van der Waals surface area contributed by atoms with Crippen LogP contribution in [0.2, 0.25) is 0 Å². The summed E-state index contributed by atoms with van der Waals surface area (Å²) in [5.74, 6) is 1.30. The second-order valence-corrected chi connectivity index (χ2v) is 8.63. The Labute approximate surface area is 188 Å². The van der Waals surface area contributed by atoms with E-state index in [-0.39, 0.29) is 16.4 Å². The molecule has 158 valence electrons. The van der Waals surface area contributed by atoms with E-state index in [1.54, 1.807) is 17.7 Å². The number of hydrogen-bond donors (Lipinski definition) is 0. The molecule has 3 aromatic carbocycles. The van der Waals surface area contributed by atoms with Crippen LogP contribution in [0.3, 0.4) is 0 Å². The van der Waals surface area contributed by atoms with E-state index in [4.69, 9.17) is 9.72 Å². The van der Waals surface area contributed by atoms with E-state index >= 15 is 0 Å². The van der Waals surface area contributed by atoms with Crippen LogP contribution in [0.4, 0.5) is 0 Å². The van der Waals surface area contributed by atoms with Gasteiger partial charge in [0.05, 0.1) is 13.7 Å². The minimum Gasteiger partial charge on any atom is -0.497 e. The maximum absolute atomic E-state index is 13.7. The third kappa shape index (κ3) is 3.39. The van der Waals surface area contributed by atoms with Gasteiger partial charge in [0.15, 0.2) is 0 Å². The highest BCUT2D eigenvalue weighted by molar-refractivity contribution is 7.24. The van der Waals surface area contributed by atoms with Crippen LogP contribution in [0.15, 0.2) is 82.4 Å². The Morgan fingerprint density at radius 3 is 2.41 bits per heavy atom. The van der Waals surface area contributed by atoms with Gasteiger partial charge in [0.25, 0.3) is 5.56 Å². The molecule has 0 bridgehead atoms. The van der Waals surface area contributed by atoms with Crippen LogP contribution in [0, 0.1) is 6.92 Å². The van der Waals surface area contributed by atoms with Crippen molar-refractivity contribution < 1.29 is 4.74 Å². The van der Waals surface area contributed by atoms with Crippen LogP contribution in [0.1, 0.15) is 11.1 Å². The number of hydrogen-bond acceptors (Lipinski definition) is 5. The molecule has 6 heteroatoms. The van der Waals surface area contributed by atoms with E-state index in [1.165, 1.54) is 11.3 Å². The van der Waals surface area contributed by atoms with Gasteiger partial charge < -0.3 is 4.74 Å². The molecule has 0 saturated heterocycles. The Hall–Kier alpha value is -3.77. The quantitative estimate of drug-likeness (QED) is 0.369. The summed E-state index contributed by atoms with van der Waals surface area (Å²) in [7, 11) is 1.62. The third-order valence-electron chi connectivity index (χ3n) is 5.59. The molecular weight excluding hydrogens is 420 g/mol. The molecule has 5 nitrogen and oxygen atoms in total. The lowest BCUT2D eigenvalue weighted by atomic mass is 10.1. The van der Waals surface area contributed by atoms with Crippen molar-refractivity contribution in [2.24, 2.45) is 0 Å². The van der Waals surface area contributed by atoms with Gasteiger partial charge in [-0.05, 0) is 42.3 Å². The van der Waals surface area contributed by atoms with Gasteiger partial charge in [0, 0.05) is 15.6 Å². The Morgan fingerprint density at radius 2 is 1.66 bits per heavy atom. The van der Waals surface area contributed by atoms with E-state index in [0.29, 0.717) is 22.6 Å². The van der Waals surface area contributed by atoms with Crippen molar-refractivity contribution in [2.45, 2.75) is 13.5 Å². The monoisotopic (exact) mass is 440 g/mol. The van der Waals surface area contributed by atoms with E-state index < -0.39 is 0 Å². The fourth-order valence-electron chi connectivity index (χ4n) is 3.87. The van der Waals surface area contributed by atoms with Crippen molar-refractivity contribution in [2.75, 3.05) is 7.11 Å². The predicted molar refractivity (Wildman–Crippen MR) is 130 cm³/mol. The van der Waals surface area contributed by atoms with Crippen molar-refractivity contribution in [3.8, 4) is 17.1 Å². The zero-order valence-electron chi connectivity index (χ0n) is 17.7. The van der Waals surface area contributed by atoms with Gasteiger partial charge in [-0.15, -0.1) is 11.3 Å². The molecule has 0 aliphatic heterocycles. The first kappa shape index (κ1) is 20.2. The number of nitrogens with zero attached hydrogens (tertiary/aromatic N) is 2. The highest BCUT2D eigenvalue weighted by Crippen LogP contribution is 2.27. The van der Waals surface area contributed by atoms with Gasteiger partial charge in [-0.3, -0.25) is 14.2 Å². The second kappa shape index (κ2) is 8.05. The topological polar surface area (TPSA) is 61.2 Å². The zero-order chi connectivity index (χ0) is 22.2. The van der Waals surface area contributed by atoms with Crippen LogP contribution < -0.4 is 15.7 Å². The first-order valence-corrected chi connectivity index (χ1v) is 11.0. The van der Waals surface area contributed by atoms with Crippen LogP contribution in [0.5, 0.6) is 5.75 Å². The predicted octanol–water partition coefficient (Wildman–Crippen LogP) is 5.00. The maximum Gasteiger partial charge on any atom is 0.266 e. The van der Waals surface area contributed by atoms with E-state index in [2.05, 4.69) is 0 Å². The van der Waals surface area contributed by atoms with Crippen LogP contribution in [-0.4, -0.2) is 16.7 Å². The fourth-order valence-corrected chi connectivity index (χ4v) is 4.91. The average molecular weight is 441 g/mol. The molecule has 0 amide bonds. The lowest BCUT2D eigenvalue weighted by molar-refractivity contribution is 0.414. The molecule has 0 aliphatic carbocycles. The molecule has 0 atom stereocenters. The number of rotatable bonds is 4. The summed E-state index contributed by atoms with van der Waals surface area (Å²) in [6.45, 7) is 2.29. The molecule has 0 fully saturated rings. The minimum atomic E-state index is -0.323. The van der Waals surface area contributed by atoms with Gasteiger partial charge in [0.2, 0.25) is 5.43 Å². The molecule has 0 saturated carbocycles. The SMILES string of the molecule is COc1ccc(Cn2c(-c3ccccc3C)nc3sc4ccccc4c(=O)c3c2=O)cc1. The van der Waals surface area contributed by atoms with Crippen molar-refractivity contribution in [1.29, 1.82) is 0 Å². The maximum atomic E-state index is 13.7. The Kier molecular flexibility index (Phi) is 5.07. The zero-order valence-corrected chi connectivity index (χ0v) is 18.5. The first-order valence-electron chi connectivity index (χ1n) is 10.2. The standard InChI is InChI=1S/C26H20N2O3S/c1-16-7-3-4-8-19(16)24-27-25-22(23(29)20-9-5-6-10-21(20)32-25)26(30)28(24)15-17-11-13-18(31-2)14-12-17/h3-14H,15H2,1-2H3. The summed E-state index contributed by atoms with van der Waals surface area (Å²) >= 11 is 1.37. The molecule has 0 radical (unpaired) electrons. The number of methoxy groups -OCH3 is 1. The molecule has 0 N–H and O–H groups in total. The van der Waals surface area contributed by atoms with Crippen LogP contribution in [0.25, 0.3) is 31.7 Å². The molecule has 2 heterocycles. The molecule has 2 aromatic heterocycles. The Balaban J connectivity index is 1.83. The molecule has 0 spiro atoms. The van der Waals surface area contributed by atoms with Crippen LogP contribution >= 0.6 is 11.3 Å². The van der Waals surface area contributed by atoms with E-state index in [9.17, 15) is 9.59 Å². The fraction of sp³-hybridized carbons (Fsp3) is 0.115. The second-order valence-electron chi connectivity index (χ2n) is 7.60. The molecule has 5 rings (SSSR count). The summed E-state index contributed by atoms with van der Waals surface area (Å²) in [4.78, 5) is 32.3. The summed E-state index contributed by atoms with van der Waals surface area (Å²) in [5.41, 5.74) is 2.20. The number of aryl methyl sites for hydroxylation is 1. The summed E-state index contributed by atoms with van der Waals surface area (Å²) < 4.78 is 7.67. The smallest absolute Gasteiger partial charge is 0.266 e. The minimum absolute atomic E-state index is 0.138. The average Bonchev–Trinajstić information content (AvgIpc) is 2.81. The summed E-state index contributed by atoms with van der Waals surface area (Å²) in [6, 6.07) is 22.7. The van der Waals surface area contributed by atoms with Gasteiger partial charge >= 0.3 is 0 Å². The van der Waals surface area contributed by atoms with Gasteiger partial charge in [-0.25, -0.2) is 4.98 Å². The Morgan fingerprint density at radius 1 is 0.938 bits per heavy atom. The number of ether oxygens (including phenoxy) is 1. The molecular formula is C26H20N2O3S. The lowest BCUT2D eigenvalue weighted by Gasteiger charge is -2.15. The first-order chi connectivity index (χ1) is 15.6. The van der Waals surface area contributed by atoms with Gasteiger partial charge in [0.1, 0.15) is 21.8 Å². The molecule has 5 aromatic rings. The van der Waals surface area contributed by atoms with Crippen molar-refractivity contribution in [1.82, 2.24) is 9.55 Å². The molecule has 0 aliphatic rings. The van der Waals surface area contributed by atoms with Crippen molar-refractivity contribution in [3.63, 3.8) is 0 Å². The van der Waals surface area contributed by atoms with Crippen LogP contribution in [-0.2, 0) is 6.54 Å². The number of fused-ring (bicyclic) bond motifs is 2. The van der Waals surface area contributed by atoms with Crippen molar-refractivity contribution >= 4 is 31.6 Å². The van der Waals surface area contributed by atoms with Gasteiger partial charge in [-0.1, -0.05) is 48.5 Å². The Bertz CT molecular complexity index is 1580. The highest BCUT2D eigenvalue weighted by atomic mass is 32.1. The van der Waals surface area contributed by atoms with Gasteiger partial charge in [-0.2, -0.15) is 0 Å². The summed E-state index contributed by atoms with van der Waals surface area (Å²) in [6.07, 6.45) is 0. The lowest BCUT2D eigenvalue weighted by Crippen LogP contribution is -2.27. The largest absolute Gasteiger partial charge is 0.497 e. The summed E-state index contributed by atoms with van der Waals surface area (Å²) in [5, 5.41) is 0.683. The highest BCUT2D eigenvalue weighted by Gasteiger charge is 2.18.